The summed E-state index contributed by atoms with van der Waals surface area (Å²) in [7, 11) is 0. The van der Waals surface area contributed by atoms with Gasteiger partial charge in [0.2, 0.25) is 0 Å². The molecule has 35 heavy (non-hydrogen) atoms. The fourth-order valence-corrected chi connectivity index (χ4v) is 4.79. The number of rotatable bonds is 3. The quantitative estimate of drug-likeness (QED) is 0.320. The van der Waals surface area contributed by atoms with E-state index in [4.69, 9.17) is 9.97 Å². The van der Waals surface area contributed by atoms with Crippen LogP contribution in [-0.4, -0.2) is 22.0 Å². The number of nitrogens with one attached hydrogen (secondary N) is 1. The van der Waals surface area contributed by atoms with Gasteiger partial charge in [-0.2, -0.15) is 0 Å². The van der Waals surface area contributed by atoms with Crippen LogP contribution in [0.4, 0.5) is 16.2 Å². The van der Waals surface area contributed by atoms with Gasteiger partial charge in [-0.15, -0.1) is 0 Å². The van der Waals surface area contributed by atoms with E-state index in [1.807, 2.05) is 102 Å². The summed E-state index contributed by atoms with van der Waals surface area (Å²) in [6.07, 6.45) is 0.857. The second kappa shape index (κ2) is 8.69. The molecule has 1 aliphatic rings. The lowest BCUT2D eigenvalue weighted by atomic mass is 10.0. The maximum absolute atomic E-state index is 13.2. The van der Waals surface area contributed by atoms with Gasteiger partial charge in [-0.25, -0.2) is 14.8 Å². The van der Waals surface area contributed by atoms with Crippen molar-refractivity contribution in [2.24, 2.45) is 0 Å². The molecule has 1 aromatic heterocycles. The highest BCUT2D eigenvalue weighted by atomic mass is 16.2. The zero-order chi connectivity index (χ0) is 23.8. The van der Waals surface area contributed by atoms with Gasteiger partial charge in [0.1, 0.15) is 0 Å². The van der Waals surface area contributed by atoms with Crippen LogP contribution in [0.15, 0.2) is 103 Å². The molecule has 4 aromatic carbocycles. The molecule has 5 aromatic rings. The van der Waals surface area contributed by atoms with Crippen LogP contribution < -0.4 is 10.2 Å². The third kappa shape index (κ3) is 3.91. The Morgan fingerprint density at radius 3 is 2.06 bits per heavy atom. The highest BCUT2D eigenvalue weighted by Gasteiger charge is 2.30. The van der Waals surface area contributed by atoms with E-state index in [0.29, 0.717) is 5.69 Å². The van der Waals surface area contributed by atoms with Crippen molar-refractivity contribution < 1.29 is 4.79 Å². The van der Waals surface area contributed by atoms with Crippen LogP contribution in [0.1, 0.15) is 12.5 Å². The van der Waals surface area contributed by atoms with Gasteiger partial charge >= 0.3 is 6.03 Å². The van der Waals surface area contributed by atoms with Crippen LogP contribution in [0.25, 0.3) is 33.5 Å². The number of hydrogen-bond acceptors (Lipinski definition) is 3. The van der Waals surface area contributed by atoms with Crippen LogP contribution in [0.2, 0.25) is 0 Å². The van der Waals surface area contributed by atoms with E-state index >= 15 is 0 Å². The smallest absolute Gasteiger partial charge is 0.307 e. The first-order chi connectivity index (χ1) is 17.2. The molecular formula is C30H24N4O. The van der Waals surface area contributed by atoms with E-state index in [2.05, 4.69) is 18.3 Å². The minimum Gasteiger partial charge on any atom is -0.307 e. The van der Waals surface area contributed by atoms with Gasteiger partial charge in [0.25, 0.3) is 0 Å². The molecule has 0 saturated heterocycles. The number of fused-ring (bicyclic) bond motifs is 2. The van der Waals surface area contributed by atoms with Crippen molar-refractivity contribution in [1.29, 1.82) is 0 Å². The molecule has 1 atom stereocenters. The van der Waals surface area contributed by atoms with Crippen molar-refractivity contribution in [3.05, 3.63) is 109 Å². The average Bonchev–Trinajstić information content (AvgIpc) is 3.24. The number of carbonyl (C=O) groups excluding carboxylic acids is 1. The number of benzene rings is 4. The maximum Gasteiger partial charge on any atom is 0.326 e. The minimum absolute atomic E-state index is 0.103. The summed E-state index contributed by atoms with van der Waals surface area (Å²) < 4.78 is 0. The third-order valence-electron chi connectivity index (χ3n) is 6.44. The molecule has 1 N–H and O–H groups in total. The van der Waals surface area contributed by atoms with Crippen LogP contribution >= 0.6 is 0 Å². The highest BCUT2D eigenvalue weighted by Crippen LogP contribution is 2.34. The largest absolute Gasteiger partial charge is 0.326 e. The molecule has 0 fully saturated rings. The van der Waals surface area contributed by atoms with Crippen molar-refractivity contribution in [3.8, 4) is 22.5 Å². The van der Waals surface area contributed by atoms with Gasteiger partial charge in [-0.1, -0.05) is 78.9 Å². The number of para-hydroxylation sites is 1. The van der Waals surface area contributed by atoms with Crippen LogP contribution in [0, 0.1) is 0 Å². The first-order valence-corrected chi connectivity index (χ1v) is 11.8. The Hall–Kier alpha value is -4.51. The van der Waals surface area contributed by atoms with Crippen molar-refractivity contribution >= 4 is 28.4 Å². The van der Waals surface area contributed by atoms with E-state index in [1.165, 1.54) is 5.56 Å². The van der Waals surface area contributed by atoms with Crippen molar-refractivity contribution in [1.82, 2.24) is 9.97 Å². The number of urea groups is 1. The normalized spacial score (nSPS) is 14.7. The Morgan fingerprint density at radius 2 is 1.37 bits per heavy atom. The lowest BCUT2D eigenvalue weighted by molar-refractivity contribution is 0.256. The summed E-state index contributed by atoms with van der Waals surface area (Å²) in [5, 5.41) is 3.07. The maximum atomic E-state index is 13.2. The van der Waals surface area contributed by atoms with Gasteiger partial charge in [0.05, 0.1) is 22.4 Å². The molecule has 2 heterocycles. The fourth-order valence-electron chi connectivity index (χ4n) is 4.79. The summed E-state index contributed by atoms with van der Waals surface area (Å²) in [5.41, 5.74) is 8.03. The van der Waals surface area contributed by atoms with Crippen molar-refractivity contribution in [2.75, 3.05) is 10.2 Å². The van der Waals surface area contributed by atoms with Gasteiger partial charge in [0, 0.05) is 28.5 Å². The Balaban J connectivity index is 1.39. The molecule has 0 spiro atoms. The zero-order valence-corrected chi connectivity index (χ0v) is 19.3. The number of carbonyl (C=O) groups is 1. The van der Waals surface area contributed by atoms with Gasteiger partial charge in [-0.05, 0) is 43.2 Å². The molecule has 0 aliphatic carbocycles. The number of anilines is 2. The molecular weight excluding hydrogens is 432 g/mol. The first-order valence-electron chi connectivity index (χ1n) is 11.8. The Bertz CT molecular complexity index is 1530. The predicted molar refractivity (Wildman–Crippen MR) is 142 cm³/mol. The second-order valence-electron chi connectivity index (χ2n) is 8.84. The highest BCUT2D eigenvalue weighted by molar-refractivity contribution is 6.04. The zero-order valence-electron chi connectivity index (χ0n) is 19.3. The van der Waals surface area contributed by atoms with Gasteiger partial charge in [0.15, 0.2) is 0 Å². The Labute approximate surface area is 204 Å². The summed E-state index contributed by atoms with van der Waals surface area (Å²) in [6.45, 7) is 2.07. The molecule has 2 amide bonds. The van der Waals surface area contributed by atoms with Crippen LogP contribution in [0.3, 0.4) is 0 Å². The summed E-state index contributed by atoms with van der Waals surface area (Å²) in [6, 6.07) is 33.9. The lowest BCUT2D eigenvalue weighted by Gasteiger charge is -2.23. The number of hydrogen-bond donors (Lipinski definition) is 1. The predicted octanol–water partition coefficient (Wildman–Crippen LogP) is 6.95. The van der Waals surface area contributed by atoms with Gasteiger partial charge < -0.3 is 5.32 Å². The van der Waals surface area contributed by atoms with E-state index in [-0.39, 0.29) is 12.1 Å². The summed E-state index contributed by atoms with van der Waals surface area (Å²) in [5.74, 6) is 0. The molecule has 5 nitrogen and oxygen atoms in total. The Kier molecular flexibility index (Phi) is 5.23. The summed E-state index contributed by atoms with van der Waals surface area (Å²) >= 11 is 0. The van der Waals surface area contributed by atoms with E-state index < -0.39 is 0 Å². The SMILES string of the molecule is C[C@@H]1Cc2ccccc2N1C(=O)Nc1ccc2nc(-c3ccccc3)c(-c3ccccc3)nc2c1. The molecule has 6 rings (SSSR count). The third-order valence-corrected chi connectivity index (χ3v) is 6.44. The standard InChI is InChI=1S/C30H24N4O/c1-20-18-23-14-8-9-15-27(23)34(20)30(35)31-24-16-17-25-26(19-24)33-29(22-12-6-3-7-13-22)28(32-25)21-10-4-2-5-11-21/h2-17,19-20H,18H2,1H3,(H,31,35)/t20-/m1/s1. The van der Waals surface area contributed by atoms with Gasteiger partial charge in [-0.3, -0.25) is 4.90 Å². The lowest BCUT2D eigenvalue weighted by Crippen LogP contribution is -2.39. The first kappa shape index (κ1) is 21.1. The fraction of sp³-hybridized carbons (Fsp3) is 0.100. The molecule has 0 radical (unpaired) electrons. The average molecular weight is 457 g/mol. The van der Waals surface area contributed by atoms with Crippen molar-refractivity contribution in [2.45, 2.75) is 19.4 Å². The molecule has 1 aliphatic heterocycles. The summed E-state index contributed by atoms with van der Waals surface area (Å²) in [4.78, 5) is 25.0. The van der Waals surface area contributed by atoms with E-state index in [0.717, 1.165) is 45.7 Å². The van der Waals surface area contributed by atoms with E-state index in [9.17, 15) is 4.79 Å². The minimum atomic E-state index is -0.140. The number of amides is 2. The molecule has 0 bridgehead atoms. The molecule has 170 valence electrons. The van der Waals surface area contributed by atoms with E-state index in [1.54, 1.807) is 0 Å². The van der Waals surface area contributed by atoms with Crippen LogP contribution in [-0.2, 0) is 6.42 Å². The van der Waals surface area contributed by atoms with Crippen LogP contribution in [0.5, 0.6) is 0 Å². The Morgan fingerprint density at radius 1 is 0.771 bits per heavy atom. The molecule has 0 unspecified atom stereocenters. The monoisotopic (exact) mass is 456 g/mol. The van der Waals surface area contributed by atoms with Crippen molar-refractivity contribution in [3.63, 3.8) is 0 Å². The topological polar surface area (TPSA) is 58.1 Å². The molecule has 0 saturated carbocycles. The second-order valence-corrected chi connectivity index (χ2v) is 8.84. The molecule has 5 heteroatoms. The number of nitrogens with zero attached hydrogens (tertiary/aromatic N) is 3. The number of aromatic nitrogens is 2.